The van der Waals surface area contributed by atoms with Gasteiger partial charge in [0.05, 0.1) is 31.4 Å². The number of ether oxygens (including phenoxy) is 1. The van der Waals surface area contributed by atoms with Gasteiger partial charge in [-0.1, -0.05) is 12.1 Å². The van der Waals surface area contributed by atoms with Crippen LogP contribution in [0.15, 0.2) is 36.8 Å². The van der Waals surface area contributed by atoms with Crippen molar-refractivity contribution in [2.24, 2.45) is 0 Å². The Bertz CT molecular complexity index is 569. The number of anilines is 1. The fourth-order valence-electron chi connectivity index (χ4n) is 1.95. The number of H-pyrrole nitrogens is 1. The van der Waals surface area contributed by atoms with Gasteiger partial charge < -0.3 is 15.0 Å². The van der Waals surface area contributed by atoms with E-state index in [-0.39, 0.29) is 5.91 Å². The molecule has 0 radical (unpaired) electrons. The van der Waals surface area contributed by atoms with Crippen molar-refractivity contribution in [2.45, 2.75) is 0 Å². The van der Waals surface area contributed by atoms with Crippen LogP contribution in [0, 0.1) is 0 Å². The minimum absolute atomic E-state index is 0.0460. The summed E-state index contributed by atoms with van der Waals surface area (Å²) in [5.41, 5.74) is 2.67. The predicted octanol–water partition coefficient (Wildman–Crippen LogP) is 1.59. The third-order valence-corrected chi connectivity index (χ3v) is 3.05. The second kappa shape index (κ2) is 7.56. The number of aromatic amines is 1. The second-order valence-electron chi connectivity index (χ2n) is 4.82. The number of methoxy groups -OCH3 is 1. The molecule has 2 rings (SSSR count). The molecule has 0 aliphatic heterocycles. The summed E-state index contributed by atoms with van der Waals surface area (Å²) in [5, 5.41) is 2.90. The molecule has 0 unspecified atom stereocenters. The van der Waals surface area contributed by atoms with Crippen LogP contribution in [0.2, 0.25) is 0 Å². The highest BCUT2D eigenvalue weighted by molar-refractivity contribution is 5.92. The molecule has 2 aromatic rings. The summed E-state index contributed by atoms with van der Waals surface area (Å²) in [6.45, 7) is 1.66. The third-order valence-electron chi connectivity index (χ3n) is 3.05. The highest BCUT2D eigenvalue weighted by atomic mass is 16.5. The van der Waals surface area contributed by atoms with E-state index >= 15 is 0 Å². The summed E-state index contributed by atoms with van der Waals surface area (Å²) in [5.74, 6) is -0.0460. The van der Waals surface area contributed by atoms with E-state index in [1.165, 1.54) is 0 Å². The van der Waals surface area contributed by atoms with Gasteiger partial charge in [0.25, 0.3) is 0 Å². The first-order valence-electron chi connectivity index (χ1n) is 6.75. The Morgan fingerprint density at radius 1 is 1.48 bits per heavy atom. The van der Waals surface area contributed by atoms with Crippen LogP contribution in [0.3, 0.4) is 0 Å². The Labute approximate surface area is 124 Å². The normalized spacial score (nSPS) is 10.8. The molecule has 1 heterocycles. The average Bonchev–Trinajstić information content (AvgIpc) is 2.99. The molecule has 1 aromatic heterocycles. The number of rotatable bonds is 7. The van der Waals surface area contributed by atoms with Crippen molar-refractivity contribution in [3.8, 4) is 11.3 Å². The molecule has 21 heavy (non-hydrogen) atoms. The lowest BCUT2D eigenvalue weighted by atomic mass is 10.1. The number of benzene rings is 1. The molecule has 0 fully saturated rings. The van der Waals surface area contributed by atoms with E-state index in [9.17, 15) is 4.79 Å². The number of aromatic nitrogens is 2. The molecule has 0 spiro atoms. The van der Waals surface area contributed by atoms with Gasteiger partial charge in [0.2, 0.25) is 5.91 Å². The summed E-state index contributed by atoms with van der Waals surface area (Å²) in [4.78, 5) is 20.9. The molecule has 0 saturated heterocycles. The van der Waals surface area contributed by atoms with E-state index in [2.05, 4.69) is 15.3 Å². The highest BCUT2D eigenvalue weighted by Crippen LogP contribution is 2.20. The van der Waals surface area contributed by atoms with Gasteiger partial charge in [-0.2, -0.15) is 0 Å². The van der Waals surface area contributed by atoms with Crippen LogP contribution in [-0.2, 0) is 9.53 Å². The van der Waals surface area contributed by atoms with Gasteiger partial charge >= 0.3 is 0 Å². The zero-order valence-corrected chi connectivity index (χ0v) is 12.3. The van der Waals surface area contributed by atoms with Gasteiger partial charge in [-0.25, -0.2) is 4.98 Å². The van der Waals surface area contributed by atoms with Crippen LogP contribution in [0.1, 0.15) is 0 Å². The summed E-state index contributed by atoms with van der Waals surface area (Å²) in [6.07, 6.45) is 3.38. The fraction of sp³-hybridized carbons (Fsp3) is 0.333. The minimum atomic E-state index is -0.0460. The van der Waals surface area contributed by atoms with Crippen LogP contribution in [-0.4, -0.2) is 54.6 Å². The van der Waals surface area contributed by atoms with Crippen molar-refractivity contribution in [1.82, 2.24) is 14.9 Å². The SMILES string of the molecule is COCCN(C)CC(=O)Nc1cccc(-c2cnc[nH]2)c1. The molecular formula is C15H20N4O2. The zero-order chi connectivity index (χ0) is 15.1. The predicted molar refractivity (Wildman–Crippen MR) is 82.0 cm³/mol. The van der Waals surface area contributed by atoms with E-state index in [1.807, 2.05) is 36.2 Å². The van der Waals surface area contributed by atoms with Crippen LogP contribution >= 0.6 is 0 Å². The summed E-state index contributed by atoms with van der Waals surface area (Å²) in [7, 11) is 3.54. The van der Waals surface area contributed by atoms with Crippen molar-refractivity contribution in [3.05, 3.63) is 36.8 Å². The molecule has 0 bridgehead atoms. The molecule has 0 aliphatic carbocycles. The van der Waals surface area contributed by atoms with E-state index in [4.69, 9.17) is 4.74 Å². The quantitative estimate of drug-likeness (QED) is 0.812. The maximum Gasteiger partial charge on any atom is 0.238 e. The third kappa shape index (κ3) is 4.70. The number of carbonyl (C=O) groups excluding carboxylic acids is 1. The number of likely N-dealkylation sites (N-methyl/N-ethyl adjacent to an activating group) is 1. The van der Waals surface area contributed by atoms with Gasteiger partial charge in [0.1, 0.15) is 0 Å². The average molecular weight is 288 g/mol. The van der Waals surface area contributed by atoms with Gasteiger partial charge in [-0.05, 0) is 19.2 Å². The van der Waals surface area contributed by atoms with E-state index in [0.29, 0.717) is 13.2 Å². The van der Waals surface area contributed by atoms with Crippen molar-refractivity contribution in [3.63, 3.8) is 0 Å². The number of nitrogens with one attached hydrogen (secondary N) is 2. The Balaban J connectivity index is 1.93. The standard InChI is InChI=1S/C15H20N4O2/c1-19(6-7-21-2)10-15(20)18-13-5-3-4-12(8-13)14-9-16-11-17-14/h3-5,8-9,11H,6-7,10H2,1-2H3,(H,16,17)(H,18,20). The Kier molecular flexibility index (Phi) is 5.48. The molecule has 0 aliphatic rings. The van der Waals surface area contributed by atoms with Gasteiger partial charge in [-0.3, -0.25) is 9.69 Å². The van der Waals surface area contributed by atoms with Crippen molar-refractivity contribution in [1.29, 1.82) is 0 Å². The summed E-state index contributed by atoms with van der Waals surface area (Å²) < 4.78 is 4.99. The maximum absolute atomic E-state index is 12.0. The largest absolute Gasteiger partial charge is 0.383 e. The summed E-state index contributed by atoms with van der Waals surface area (Å²) >= 11 is 0. The van der Waals surface area contributed by atoms with Crippen LogP contribution in [0.25, 0.3) is 11.3 Å². The maximum atomic E-state index is 12.0. The Hall–Kier alpha value is -2.18. The van der Waals surface area contributed by atoms with E-state index < -0.39 is 0 Å². The Morgan fingerprint density at radius 3 is 3.05 bits per heavy atom. The molecule has 1 aromatic carbocycles. The second-order valence-corrected chi connectivity index (χ2v) is 4.82. The van der Waals surface area contributed by atoms with Crippen molar-refractivity contribution < 1.29 is 9.53 Å². The molecule has 0 saturated carbocycles. The summed E-state index contributed by atoms with van der Waals surface area (Å²) in [6, 6.07) is 7.65. The van der Waals surface area contributed by atoms with Crippen LogP contribution < -0.4 is 5.32 Å². The number of carbonyl (C=O) groups is 1. The lowest BCUT2D eigenvalue weighted by molar-refractivity contribution is -0.117. The van der Waals surface area contributed by atoms with E-state index in [1.54, 1.807) is 19.6 Å². The monoisotopic (exact) mass is 288 g/mol. The zero-order valence-electron chi connectivity index (χ0n) is 12.3. The molecule has 112 valence electrons. The highest BCUT2D eigenvalue weighted by Gasteiger charge is 2.07. The number of amides is 1. The van der Waals surface area contributed by atoms with Crippen LogP contribution in [0.5, 0.6) is 0 Å². The van der Waals surface area contributed by atoms with E-state index in [0.717, 1.165) is 23.5 Å². The number of nitrogens with zero attached hydrogens (tertiary/aromatic N) is 2. The topological polar surface area (TPSA) is 70.2 Å². The van der Waals surface area contributed by atoms with Gasteiger partial charge in [-0.15, -0.1) is 0 Å². The van der Waals surface area contributed by atoms with Crippen molar-refractivity contribution >= 4 is 11.6 Å². The number of imidazole rings is 1. The molecule has 6 nitrogen and oxygen atoms in total. The lowest BCUT2D eigenvalue weighted by Crippen LogP contribution is -2.32. The number of hydrogen-bond donors (Lipinski definition) is 2. The molecule has 6 heteroatoms. The van der Waals surface area contributed by atoms with Gasteiger partial charge in [0.15, 0.2) is 0 Å². The molecular weight excluding hydrogens is 268 g/mol. The minimum Gasteiger partial charge on any atom is -0.383 e. The molecule has 1 amide bonds. The molecule has 2 N–H and O–H groups in total. The van der Waals surface area contributed by atoms with Gasteiger partial charge in [0, 0.05) is 24.9 Å². The fourth-order valence-corrected chi connectivity index (χ4v) is 1.95. The Morgan fingerprint density at radius 2 is 2.33 bits per heavy atom. The van der Waals surface area contributed by atoms with Crippen molar-refractivity contribution in [2.75, 3.05) is 39.2 Å². The lowest BCUT2D eigenvalue weighted by Gasteiger charge is -2.15. The first-order chi connectivity index (χ1) is 10.2. The molecule has 0 atom stereocenters. The first kappa shape index (κ1) is 15.2. The van der Waals surface area contributed by atoms with Crippen LogP contribution in [0.4, 0.5) is 5.69 Å². The smallest absolute Gasteiger partial charge is 0.238 e. The first-order valence-corrected chi connectivity index (χ1v) is 6.75. The number of hydrogen-bond acceptors (Lipinski definition) is 4.